The molecule has 0 saturated carbocycles. The summed E-state index contributed by atoms with van der Waals surface area (Å²) in [6.45, 7) is 1.79. The Hall–Kier alpha value is -1.67. The number of nitrogens with one attached hydrogen (secondary N) is 1. The zero-order chi connectivity index (χ0) is 18.0. The molecule has 0 fully saturated rings. The van der Waals surface area contributed by atoms with Crippen molar-refractivity contribution in [3.05, 3.63) is 76.2 Å². The van der Waals surface area contributed by atoms with E-state index >= 15 is 0 Å². The van der Waals surface area contributed by atoms with Crippen LogP contribution >= 0.6 is 27.5 Å². The quantitative estimate of drug-likeness (QED) is 0.642. The normalized spacial score (nSPS) is 12.9. The molecule has 0 aliphatic heterocycles. The highest BCUT2D eigenvalue weighted by Gasteiger charge is 2.21. The van der Waals surface area contributed by atoms with Crippen molar-refractivity contribution < 1.29 is 8.42 Å². The third-order valence-electron chi connectivity index (χ3n) is 3.71. The maximum atomic E-state index is 12.6. The van der Waals surface area contributed by atoms with Gasteiger partial charge in [-0.25, -0.2) is 18.1 Å². The maximum absolute atomic E-state index is 12.6. The first-order valence-corrected chi connectivity index (χ1v) is 10.1. The van der Waals surface area contributed by atoms with Crippen LogP contribution in [0.2, 0.25) is 5.02 Å². The average Bonchev–Trinajstić information content (AvgIpc) is 3.08. The summed E-state index contributed by atoms with van der Waals surface area (Å²) in [6.07, 6.45) is 5.25. The molecule has 2 aromatic carbocycles. The third-order valence-corrected chi connectivity index (χ3v) is 6.23. The molecule has 1 atom stereocenters. The topological polar surface area (TPSA) is 64.0 Å². The molecule has 5 nitrogen and oxygen atoms in total. The van der Waals surface area contributed by atoms with E-state index in [1.54, 1.807) is 31.6 Å². The Morgan fingerprint density at radius 1 is 1.20 bits per heavy atom. The van der Waals surface area contributed by atoms with E-state index in [4.69, 9.17) is 11.6 Å². The molecule has 3 aromatic rings. The zero-order valence-electron chi connectivity index (χ0n) is 13.2. The fraction of sp³-hybridized carbons (Fsp3) is 0.118. The van der Waals surface area contributed by atoms with Crippen LogP contribution in [0.15, 0.2) is 70.6 Å². The van der Waals surface area contributed by atoms with Crippen LogP contribution in [-0.4, -0.2) is 18.0 Å². The molecule has 3 rings (SSSR count). The van der Waals surface area contributed by atoms with Crippen molar-refractivity contribution in [1.29, 1.82) is 0 Å². The molecule has 130 valence electrons. The number of benzene rings is 2. The Bertz CT molecular complexity index is 974. The van der Waals surface area contributed by atoms with Crippen LogP contribution in [0.3, 0.4) is 0 Å². The molecule has 0 aliphatic rings. The van der Waals surface area contributed by atoms with Crippen LogP contribution in [0.1, 0.15) is 18.5 Å². The molecule has 0 saturated heterocycles. The first-order chi connectivity index (χ1) is 11.9. The molecule has 1 aromatic heterocycles. The Labute approximate surface area is 159 Å². The van der Waals surface area contributed by atoms with Crippen LogP contribution in [-0.2, 0) is 10.0 Å². The molecule has 25 heavy (non-hydrogen) atoms. The Morgan fingerprint density at radius 2 is 1.92 bits per heavy atom. The first-order valence-electron chi connectivity index (χ1n) is 7.42. The second-order valence-electron chi connectivity index (χ2n) is 5.48. The number of halogens is 2. The molecule has 8 heteroatoms. The SMILES string of the molecule is C[C@@H](NS(=O)(=O)c1ccc(Br)cc1Cl)c1ccc(-n2ccnc2)cc1. The number of nitrogens with zero attached hydrogens (tertiary/aromatic N) is 2. The monoisotopic (exact) mass is 439 g/mol. The number of imidazole rings is 1. The van der Waals surface area contributed by atoms with Gasteiger partial charge in [0.1, 0.15) is 4.90 Å². The van der Waals surface area contributed by atoms with Crippen molar-refractivity contribution in [2.75, 3.05) is 0 Å². The van der Waals surface area contributed by atoms with Crippen molar-refractivity contribution in [3.8, 4) is 5.69 Å². The summed E-state index contributed by atoms with van der Waals surface area (Å²) in [5, 5.41) is 0.171. The lowest BCUT2D eigenvalue weighted by Crippen LogP contribution is -2.27. The summed E-state index contributed by atoms with van der Waals surface area (Å²) in [4.78, 5) is 4.06. The summed E-state index contributed by atoms with van der Waals surface area (Å²) in [6, 6.07) is 11.9. The number of sulfonamides is 1. The van der Waals surface area contributed by atoms with Crippen molar-refractivity contribution in [2.45, 2.75) is 17.9 Å². The van der Waals surface area contributed by atoms with Crippen LogP contribution in [0, 0.1) is 0 Å². The van der Waals surface area contributed by atoms with E-state index in [-0.39, 0.29) is 9.92 Å². The summed E-state index contributed by atoms with van der Waals surface area (Å²) in [5.41, 5.74) is 1.80. The van der Waals surface area contributed by atoms with Gasteiger partial charge in [-0.15, -0.1) is 0 Å². The van der Waals surface area contributed by atoms with Gasteiger partial charge < -0.3 is 4.57 Å². The van der Waals surface area contributed by atoms with Gasteiger partial charge in [0.2, 0.25) is 10.0 Å². The third kappa shape index (κ3) is 4.12. The standard InChI is InChI=1S/C17H15BrClN3O2S/c1-12(13-2-5-15(6-3-13)22-9-8-20-11-22)21-25(23,24)17-7-4-14(18)10-16(17)19/h2-12,21H,1H3/t12-/m1/s1. The zero-order valence-corrected chi connectivity index (χ0v) is 16.4. The molecule has 0 radical (unpaired) electrons. The summed E-state index contributed by atoms with van der Waals surface area (Å²) in [7, 11) is -3.73. The largest absolute Gasteiger partial charge is 0.306 e. The molecule has 1 N–H and O–H groups in total. The molecular weight excluding hydrogens is 426 g/mol. The van der Waals surface area contributed by atoms with Gasteiger partial charge in [0.15, 0.2) is 0 Å². The molecule has 0 spiro atoms. The lowest BCUT2D eigenvalue weighted by Gasteiger charge is -2.16. The van der Waals surface area contributed by atoms with E-state index in [1.165, 1.54) is 6.07 Å². The number of hydrogen-bond donors (Lipinski definition) is 1. The number of aromatic nitrogens is 2. The Kier molecular flexibility index (Phi) is 5.29. The molecule has 0 unspecified atom stereocenters. The Morgan fingerprint density at radius 3 is 2.52 bits per heavy atom. The maximum Gasteiger partial charge on any atom is 0.242 e. The van der Waals surface area contributed by atoms with Gasteiger partial charge in [0.25, 0.3) is 0 Å². The Balaban J connectivity index is 1.80. The van der Waals surface area contributed by atoms with E-state index in [2.05, 4.69) is 25.6 Å². The van der Waals surface area contributed by atoms with Gasteiger partial charge in [0.05, 0.1) is 11.3 Å². The predicted molar refractivity (Wildman–Crippen MR) is 101 cm³/mol. The van der Waals surface area contributed by atoms with Crippen LogP contribution < -0.4 is 4.72 Å². The minimum atomic E-state index is -3.73. The molecule has 0 bridgehead atoms. The van der Waals surface area contributed by atoms with Crippen LogP contribution in [0.25, 0.3) is 5.69 Å². The minimum Gasteiger partial charge on any atom is -0.306 e. The minimum absolute atomic E-state index is 0.0549. The first kappa shape index (κ1) is 18.1. The summed E-state index contributed by atoms with van der Waals surface area (Å²) >= 11 is 9.33. The van der Waals surface area contributed by atoms with Crippen LogP contribution in [0.4, 0.5) is 0 Å². The van der Waals surface area contributed by atoms with Crippen molar-refractivity contribution in [1.82, 2.24) is 14.3 Å². The van der Waals surface area contributed by atoms with Crippen molar-refractivity contribution in [2.24, 2.45) is 0 Å². The fourth-order valence-electron chi connectivity index (χ4n) is 2.40. The number of rotatable bonds is 5. The van der Waals surface area contributed by atoms with Gasteiger partial charge in [-0.1, -0.05) is 39.7 Å². The van der Waals surface area contributed by atoms with E-state index in [9.17, 15) is 8.42 Å². The van der Waals surface area contributed by atoms with E-state index < -0.39 is 16.1 Å². The second-order valence-corrected chi connectivity index (χ2v) is 8.48. The smallest absolute Gasteiger partial charge is 0.242 e. The summed E-state index contributed by atoms with van der Waals surface area (Å²) < 4.78 is 30.4. The van der Waals surface area contributed by atoms with Crippen molar-refractivity contribution in [3.63, 3.8) is 0 Å². The molecular formula is C17H15BrClN3O2S. The van der Waals surface area contributed by atoms with Crippen LogP contribution in [0.5, 0.6) is 0 Å². The highest BCUT2D eigenvalue weighted by Crippen LogP contribution is 2.26. The van der Waals surface area contributed by atoms with E-state index in [0.29, 0.717) is 0 Å². The fourth-order valence-corrected chi connectivity index (χ4v) is 4.67. The highest BCUT2D eigenvalue weighted by atomic mass is 79.9. The lowest BCUT2D eigenvalue weighted by molar-refractivity contribution is 0.567. The van der Waals surface area contributed by atoms with Gasteiger partial charge in [-0.3, -0.25) is 0 Å². The average molecular weight is 441 g/mol. The van der Waals surface area contributed by atoms with E-state index in [0.717, 1.165) is 15.7 Å². The van der Waals surface area contributed by atoms with Gasteiger partial charge >= 0.3 is 0 Å². The molecule has 1 heterocycles. The predicted octanol–water partition coefficient (Wildman–Crippen LogP) is 4.33. The number of hydrogen-bond acceptors (Lipinski definition) is 3. The molecule has 0 aliphatic carbocycles. The second kappa shape index (κ2) is 7.29. The lowest BCUT2D eigenvalue weighted by atomic mass is 10.1. The summed E-state index contributed by atoms with van der Waals surface area (Å²) in [5.74, 6) is 0. The highest BCUT2D eigenvalue weighted by molar-refractivity contribution is 9.10. The van der Waals surface area contributed by atoms with Crippen molar-refractivity contribution >= 4 is 37.6 Å². The van der Waals surface area contributed by atoms with Gasteiger partial charge in [-0.05, 0) is 42.8 Å². The van der Waals surface area contributed by atoms with Gasteiger partial charge in [0, 0.05) is 28.6 Å². The molecule has 0 amide bonds. The van der Waals surface area contributed by atoms with Gasteiger partial charge in [-0.2, -0.15) is 0 Å². The van der Waals surface area contributed by atoms with E-state index in [1.807, 2.05) is 35.0 Å².